The van der Waals surface area contributed by atoms with Gasteiger partial charge in [-0.2, -0.15) is 0 Å². The molecular formula is C30H30ClNO3. The third-order valence-electron chi connectivity index (χ3n) is 7.36. The first kappa shape index (κ1) is 23.8. The molecule has 0 radical (unpaired) electrons. The van der Waals surface area contributed by atoms with E-state index < -0.39 is 11.6 Å². The lowest BCUT2D eigenvalue weighted by molar-refractivity contribution is -0.155. The van der Waals surface area contributed by atoms with Gasteiger partial charge in [0.25, 0.3) is 0 Å². The van der Waals surface area contributed by atoms with Crippen molar-refractivity contribution in [3.63, 3.8) is 0 Å². The number of rotatable bonds is 8. The standard InChI is InChI=1S/C30H30ClNO3/c31-26-13-5-4-12-25(26)30(23-10-2-1-3-11-23,24-17-15-22(16-18-24)21-8-6-9-21)35-29(34)20-28(33)27-14-7-19-32-27/h1-5,10-13,15-18,21,27,32H,6-9,14,19-20H2/t27-,30?/m0/s1. The number of Topliss-reactive ketones (excluding diaryl/α,β-unsaturated/α-hetero) is 1. The highest BCUT2D eigenvalue weighted by Crippen LogP contribution is 2.45. The molecule has 3 aromatic rings. The summed E-state index contributed by atoms with van der Waals surface area (Å²) in [4.78, 5) is 26.2. The van der Waals surface area contributed by atoms with Crippen LogP contribution in [0.1, 0.15) is 66.7 Å². The Morgan fingerprint density at radius 2 is 1.54 bits per heavy atom. The number of nitrogens with one attached hydrogen (secondary N) is 1. The summed E-state index contributed by atoms with van der Waals surface area (Å²) in [6.45, 7) is 0.798. The molecule has 1 saturated carbocycles. The van der Waals surface area contributed by atoms with Crippen molar-refractivity contribution in [1.29, 1.82) is 0 Å². The van der Waals surface area contributed by atoms with E-state index in [1.807, 2.05) is 60.7 Å². The van der Waals surface area contributed by atoms with Gasteiger partial charge in [0.2, 0.25) is 0 Å². The number of benzene rings is 3. The highest BCUT2D eigenvalue weighted by atomic mass is 35.5. The van der Waals surface area contributed by atoms with Crippen LogP contribution in [0.25, 0.3) is 0 Å². The summed E-state index contributed by atoms with van der Waals surface area (Å²) in [6, 6.07) is 25.2. The molecule has 0 aromatic heterocycles. The van der Waals surface area contributed by atoms with Crippen LogP contribution in [-0.2, 0) is 19.9 Å². The first-order valence-corrected chi connectivity index (χ1v) is 12.8. The van der Waals surface area contributed by atoms with Gasteiger partial charge in [-0.25, -0.2) is 0 Å². The normalized spacial score (nSPS) is 19.5. The Labute approximate surface area is 211 Å². The zero-order valence-electron chi connectivity index (χ0n) is 19.7. The molecule has 0 bridgehead atoms. The van der Waals surface area contributed by atoms with Crippen molar-refractivity contribution in [2.75, 3.05) is 6.54 Å². The monoisotopic (exact) mass is 487 g/mol. The van der Waals surface area contributed by atoms with Gasteiger partial charge in [-0.1, -0.05) is 90.8 Å². The van der Waals surface area contributed by atoms with E-state index in [-0.39, 0.29) is 18.2 Å². The van der Waals surface area contributed by atoms with E-state index in [0.717, 1.165) is 30.5 Å². The molecule has 0 spiro atoms. The molecule has 1 N–H and O–H groups in total. The lowest BCUT2D eigenvalue weighted by atomic mass is 9.77. The zero-order valence-corrected chi connectivity index (χ0v) is 20.5. The second-order valence-corrected chi connectivity index (χ2v) is 9.95. The van der Waals surface area contributed by atoms with Crippen LogP contribution in [0, 0.1) is 0 Å². The van der Waals surface area contributed by atoms with Crippen molar-refractivity contribution >= 4 is 23.4 Å². The van der Waals surface area contributed by atoms with E-state index >= 15 is 0 Å². The molecule has 5 heteroatoms. The number of ether oxygens (including phenoxy) is 1. The van der Waals surface area contributed by atoms with E-state index in [0.29, 0.717) is 16.5 Å². The Kier molecular flexibility index (Phi) is 7.03. The molecule has 1 aliphatic carbocycles. The van der Waals surface area contributed by atoms with Crippen LogP contribution in [0.3, 0.4) is 0 Å². The van der Waals surface area contributed by atoms with Gasteiger partial charge in [-0.05, 0) is 49.8 Å². The third kappa shape index (κ3) is 4.78. The van der Waals surface area contributed by atoms with Gasteiger partial charge in [-0.15, -0.1) is 0 Å². The number of carbonyl (C=O) groups is 2. The summed E-state index contributed by atoms with van der Waals surface area (Å²) < 4.78 is 6.38. The minimum atomic E-state index is -1.28. The lowest BCUT2D eigenvalue weighted by Gasteiger charge is -2.36. The summed E-state index contributed by atoms with van der Waals surface area (Å²) in [6.07, 6.45) is 5.09. The van der Waals surface area contributed by atoms with Gasteiger partial charge in [-0.3, -0.25) is 9.59 Å². The number of ketones is 1. The Balaban J connectivity index is 1.59. The largest absolute Gasteiger partial charge is 0.444 e. The van der Waals surface area contributed by atoms with Crippen molar-refractivity contribution in [2.45, 2.75) is 56.1 Å². The highest BCUT2D eigenvalue weighted by Gasteiger charge is 2.43. The van der Waals surface area contributed by atoms with Crippen LogP contribution in [0.15, 0.2) is 78.9 Å². The molecule has 2 fully saturated rings. The van der Waals surface area contributed by atoms with Crippen molar-refractivity contribution in [2.24, 2.45) is 0 Å². The van der Waals surface area contributed by atoms with Crippen LogP contribution in [0.4, 0.5) is 0 Å². The fourth-order valence-electron chi connectivity index (χ4n) is 5.23. The number of halogens is 1. The van der Waals surface area contributed by atoms with E-state index in [4.69, 9.17) is 16.3 Å². The van der Waals surface area contributed by atoms with Gasteiger partial charge in [0.1, 0.15) is 6.42 Å². The number of hydrogen-bond acceptors (Lipinski definition) is 4. The smallest absolute Gasteiger partial charge is 0.314 e. The van der Waals surface area contributed by atoms with Crippen LogP contribution in [0.2, 0.25) is 5.02 Å². The summed E-state index contributed by atoms with van der Waals surface area (Å²) >= 11 is 6.75. The lowest BCUT2D eigenvalue weighted by Crippen LogP contribution is -2.38. The Morgan fingerprint density at radius 1 is 0.857 bits per heavy atom. The Morgan fingerprint density at radius 3 is 2.17 bits per heavy atom. The molecule has 180 valence electrons. The highest BCUT2D eigenvalue weighted by molar-refractivity contribution is 6.31. The minimum absolute atomic E-state index is 0.131. The van der Waals surface area contributed by atoms with Crippen LogP contribution >= 0.6 is 11.6 Å². The first-order valence-electron chi connectivity index (χ1n) is 12.5. The number of carbonyl (C=O) groups excluding carboxylic acids is 2. The van der Waals surface area contributed by atoms with Crippen molar-refractivity contribution < 1.29 is 14.3 Å². The molecule has 3 aromatic carbocycles. The van der Waals surface area contributed by atoms with Crippen molar-refractivity contribution in [1.82, 2.24) is 5.32 Å². The van der Waals surface area contributed by atoms with Gasteiger partial charge in [0.05, 0.1) is 6.04 Å². The van der Waals surface area contributed by atoms with Crippen molar-refractivity contribution in [3.05, 3.63) is 106 Å². The fraction of sp³-hybridized carbons (Fsp3) is 0.333. The van der Waals surface area contributed by atoms with Crippen LogP contribution in [0.5, 0.6) is 0 Å². The molecule has 4 nitrogen and oxygen atoms in total. The van der Waals surface area contributed by atoms with Gasteiger partial charge >= 0.3 is 5.97 Å². The minimum Gasteiger partial charge on any atom is -0.444 e. The SMILES string of the molecule is O=C(CC(=O)[C@@H]1CCCN1)OC(c1ccccc1)(c1ccc(C2CCC2)cc1)c1ccccc1Cl. The molecule has 2 atom stereocenters. The third-order valence-corrected chi connectivity index (χ3v) is 7.69. The predicted molar refractivity (Wildman–Crippen MR) is 138 cm³/mol. The average Bonchev–Trinajstić information content (AvgIpc) is 3.38. The molecule has 35 heavy (non-hydrogen) atoms. The van der Waals surface area contributed by atoms with E-state index in [1.165, 1.54) is 24.8 Å². The van der Waals surface area contributed by atoms with Gasteiger partial charge in [0.15, 0.2) is 11.4 Å². The predicted octanol–water partition coefficient (Wildman–Crippen LogP) is 6.15. The van der Waals surface area contributed by atoms with Crippen LogP contribution < -0.4 is 5.32 Å². The maximum absolute atomic E-state index is 13.4. The second kappa shape index (κ2) is 10.3. The number of hydrogen-bond donors (Lipinski definition) is 1. The quantitative estimate of drug-likeness (QED) is 0.235. The van der Waals surface area contributed by atoms with E-state index in [9.17, 15) is 9.59 Å². The zero-order chi connectivity index (χ0) is 24.3. The summed E-state index contributed by atoms with van der Waals surface area (Å²) in [5, 5.41) is 3.67. The molecule has 1 unspecified atom stereocenters. The number of esters is 1. The summed E-state index contributed by atoms with van der Waals surface area (Å²) in [7, 11) is 0. The molecule has 5 rings (SSSR count). The fourth-order valence-corrected chi connectivity index (χ4v) is 5.50. The van der Waals surface area contributed by atoms with Gasteiger partial charge < -0.3 is 10.1 Å². The van der Waals surface area contributed by atoms with Gasteiger partial charge in [0, 0.05) is 21.7 Å². The molecule has 1 saturated heterocycles. The average molecular weight is 488 g/mol. The molecule has 2 aliphatic rings. The Hall–Kier alpha value is -2.95. The molecule has 1 aliphatic heterocycles. The maximum Gasteiger partial charge on any atom is 0.314 e. The second-order valence-electron chi connectivity index (χ2n) is 9.54. The topological polar surface area (TPSA) is 55.4 Å². The Bertz CT molecular complexity index is 1180. The first-order chi connectivity index (χ1) is 17.1. The van der Waals surface area contributed by atoms with E-state index in [1.54, 1.807) is 6.07 Å². The van der Waals surface area contributed by atoms with Crippen LogP contribution in [-0.4, -0.2) is 24.3 Å². The maximum atomic E-state index is 13.4. The van der Waals surface area contributed by atoms with E-state index in [2.05, 4.69) is 17.4 Å². The summed E-state index contributed by atoms with van der Waals surface area (Å²) in [5.74, 6) is -0.0981. The molecule has 1 heterocycles. The van der Waals surface area contributed by atoms with Crippen molar-refractivity contribution in [3.8, 4) is 0 Å². The molecule has 0 amide bonds. The summed E-state index contributed by atoms with van der Waals surface area (Å²) in [5.41, 5.74) is 2.28. The molecular weight excluding hydrogens is 458 g/mol.